The van der Waals surface area contributed by atoms with Crippen LogP contribution in [-0.4, -0.2) is 19.4 Å². The molecule has 3 nitrogen and oxygen atoms in total. The van der Waals surface area contributed by atoms with Gasteiger partial charge in [-0.3, -0.25) is 4.79 Å². The van der Waals surface area contributed by atoms with Crippen LogP contribution in [0.15, 0.2) is 40.3 Å². The lowest BCUT2D eigenvalue weighted by molar-refractivity contribution is 0.102. The van der Waals surface area contributed by atoms with Crippen LogP contribution in [0.5, 0.6) is 5.75 Å². The smallest absolute Gasteiger partial charge is 0.191 e. The highest BCUT2D eigenvalue weighted by Crippen LogP contribution is 2.36. The standard InChI is InChI=1S/C15H15NO2S/c1-9-8-16-15(19-9)13-5-3-10-7-11(18-2)4-6-12(10)14(13)17/h4,6-7,16H,1,3,5,8H2,2H3/b15-13+. The summed E-state index contributed by atoms with van der Waals surface area (Å²) in [7, 11) is 1.64. The van der Waals surface area contributed by atoms with Crippen molar-refractivity contribution in [3.05, 3.63) is 51.4 Å². The Kier molecular flexibility index (Phi) is 3.11. The van der Waals surface area contributed by atoms with Crippen LogP contribution in [0.2, 0.25) is 0 Å². The minimum absolute atomic E-state index is 0.133. The van der Waals surface area contributed by atoms with Crippen molar-refractivity contribution in [2.45, 2.75) is 12.8 Å². The number of Topliss-reactive ketones (excluding diaryl/α,β-unsaturated/α-hetero) is 1. The fraction of sp³-hybridized carbons (Fsp3) is 0.267. The Bertz CT molecular complexity index is 604. The summed E-state index contributed by atoms with van der Waals surface area (Å²) in [6, 6.07) is 5.67. The van der Waals surface area contributed by atoms with Gasteiger partial charge in [0.15, 0.2) is 5.78 Å². The summed E-state index contributed by atoms with van der Waals surface area (Å²) in [4.78, 5) is 13.6. The number of ether oxygens (including phenoxy) is 1. The number of aryl methyl sites for hydroxylation is 1. The van der Waals surface area contributed by atoms with Crippen LogP contribution in [0.1, 0.15) is 22.3 Å². The van der Waals surface area contributed by atoms with E-state index in [0.717, 1.165) is 51.8 Å². The number of allylic oxidation sites excluding steroid dienone is 1. The van der Waals surface area contributed by atoms with Crippen molar-refractivity contribution in [2.24, 2.45) is 0 Å². The Morgan fingerprint density at radius 3 is 2.89 bits per heavy atom. The van der Waals surface area contributed by atoms with Crippen LogP contribution in [0.3, 0.4) is 0 Å². The van der Waals surface area contributed by atoms with Crippen LogP contribution in [0.4, 0.5) is 0 Å². The minimum atomic E-state index is 0.133. The SMILES string of the molecule is C=C1CN/C(=C2/CCc3cc(OC)ccc3C2=O)S1. The fourth-order valence-corrected chi connectivity index (χ4v) is 3.34. The average Bonchev–Trinajstić information content (AvgIpc) is 2.85. The lowest BCUT2D eigenvalue weighted by Crippen LogP contribution is -2.18. The Labute approximate surface area is 116 Å². The van der Waals surface area contributed by atoms with E-state index in [1.807, 2.05) is 18.2 Å². The maximum atomic E-state index is 12.5. The number of carbonyl (C=O) groups excluding carboxylic acids is 1. The fourth-order valence-electron chi connectivity index (χ4n) is 2.44. The quantitative estimate of drug-likeness (QED) is 0.799. The van der Waals surface area contributed by atoms with E-state index in [4.69, 9.17) is 4.74 Å². The molecule has 0 bridgehead atoms. The number of hydrogen-bond acceptors (Lipinski definition) is 4. The molecule has 1 heterocycles. The second kappa shape index (κ2) is 4.78. The van der Waals surface area contributed by atoms with Gasteiger partial charge in [-0.25, -0.2) is 0 Å². The molecule has 2 aliphatic rings. The first-order valence-electron chi connectivity index (χ1n) is 6.23. The van der Waals surface area contributed by atoms with Crippen molar-refractivity contribution in [3.63, 3.8) is 0 Å². The lowest BCUT2D eigenvalue weighted by Gasteiger charge is -2.19. The molecule has 1 aromatic rings. The van der Waals surface area contributed by atoms with Gasteiger partial charge in [0.2, 0.25) is 0 Å². The number of hydrogen-bond donors (Lipinski definition) is 1. The van der Waals surface area contributed by atoms with Gasteiger partial charge >= 0.3 is 0 Å². The van der Waals surface area contributed by atoms with Gasteiger partial charge in [-0.2, -0.15) is 0 Å². The van der Waals surface area contributed by atoms with Crippen molar-refractivity contribution in [2.75, 3.05) is 13.7 Å². The Hall–Kier alpha value is -1.68. The van der Waals surface area contributed by atoms with E-state index in [1.54, 1.807) is 18.9 Å². The molecule has 0 spiro atoms. The monoisotopic (exact) mass is 273 g/mol. The van der Waals surface area contributed by atoms with Gasteiger partial charge < -0.3 is 10.1 Å². The summed E-state index contributed by atoms with van der Waals surface area (Å²) < 4.78 is 5.20. The van der Waals surface area contributed by atoms with Gasteiger partial charge in [-0.05, 0) is 36.6 Å². The van der Waals surface area contributed by atoms with E-state index in [9.17, 15) is 4.79 Å². The van der Waals surface area contributed by atoms with E-state index in [1.165, 1.54) is 0 Å². The summed E-state index contributed by atoms with van der Waals surface area (Å²) in [6.07, 6.45) is 1.66. The minimum Gasteiger partial charge on any atom is -0.497 e. The molecule has 0 unspecified atom stereocenters. The van der Waals surface area contributed by atoms with Crippen molar-refractivity contribution >= 4 is 17.5 Å². The maximum Gasteiger partial charge on any atom is 0.191 e. The van der Waals surface area contributed by atoms with Gasteiger partial charge in [0, 0.05) is 22.6 Å². The van der Waals surface area contributed by atoms with Gasteiger partial charge in [0.25, 0.3) is 0 Å². The molecule has 0 radical (unpaired) electrons. The molecular weight excluding hydrogens is 258 g/mol. The third-order valence-electron chi connectivity index (χ3n) is 3.44. The molecule has 0 aromatic heterocycles. The summed E-state index contributed by atoms with van der Waals surface area (Å²) in [5.41, 5.74) is 2.77. The lowest BCUT2D eigenvalue weighted by atomic mass is 9.87. The van der Waals surface area contributed by atoms with E-state index in [2.05, 4.69) is 11.9 Å². The molecule has 1 fully saturated rings. The van der Waals surface area contributed by atoms with Gasteiger partial charge in [0.05, 0.1) is 12.1 Å². The van der Waals surface area contributed by atoms with Gasteiger partial charge in [-0.15, -0.1) is 0 Å². The van der Waals surface area contributed by atoms with E-state index < -0.39 is 0 Å². The van der Waals surface area contributed by atoms with Crippen molar-refractivity contribution in [3.8, 4) is 5.75 Å². The summed E-state index contributed by atoms with van der Waals surface area (Å²) in [5, 5.41) is 4.24. The topological polar surface area (TPSA) is 38.3 Å². The van der Waals surface area contributed by atoms with Gasteiger partial charge in [0.1, 0.15) is 5.75 Å². The average molecular weight is 273 g/mol. The van der Waals surface area contributed by atoms with Crippen LogP contribution in [0.25, 0.3) is 0 Å². The normalized spacial score (nSPS) is 22.2. The Morgan fingerprint density at radius 1 is 1.37 bits per heavy atom. The molecule has 1 aromatic carbocycles. The van der Waals surface area contributed by atoms with Crippen molar-refractivity contribution < 1.29 is 9.53 Å². The number of ketones is 1. The molecule has 3 rings (SSSR count). The third-order valence-corrected chi connectivity index (χ3v) is 4.47. The number of fused-ring (bicyclic) bond motifs is 1. The Morgan fingerprint density at radius 2 is 2.21 bits per heavy atom. The van der Waals surface area contributed by atoms with Crippen molar-refractivity contribution in [1.82, 2.24) is 5.32 Å². The van der Waals surface area contributed by atoms with Crippen LogP contribution in [0, 0.1) is 0 Å². The highest BCUT2D eigenvalue weighted by Gasteiger charge is 2.27. The first-order valence-corrected chi connectivity index (χ1v) is 7.05. The zero-order valence-electron chi connectivity index (χ0n) is 10.8. The molecule has 0 atom stereocenters. The summed E-state index contributed by atoms with van der Waals surface area (Å²) in [5.74, 6) is 0.943. The van der Waals surface area contributed by atoms with Crippen LogP contribution < -0.4 is 10.1 Å². The second-order valence-corrected chi connectivity index (χ2v) is 5.84. The highest BCUT2D eigenvalue weighted by atomic mass is 32.2. The number of carbonyl (C=O) groups is 1. The first kappa shape index (κ1) is 12.4. The molecule has 1 N–H and O–H groups in total. The van der Waals surface area contributed by atoms with Crippen molar-refractivity contribution in [1.29, 1.82) is 0 Å². The van der Waals surface area contributed by atoms with E-state index in [0.29, 0.717) is 0 Å². The number of thioether (sulfide) groups is 1. The molecule has 1 aliphatic carbocycles. The molecule has 1 aliphatic heterocycles. The first-order chi connectivity index (χ1) is 9.19. The highest BCUT2D eigenvalue weighted by molar-refractivity contribution is 8.07. The maximum absolute atomic E-state index is 12.5. The zero-order chi connectivity index (χ0) is 13.4. The Balaban J connectivity index is 1.99. The molecule has 0 saturated carbocycles. The molecule has 0 amide bonds. The predicted molar refractivity (Wildman–Crippen MR) is 77.4 cm³/mol. The third kappa shape index (κ3) is 2.16. The van der Waals surface area contributed by atoms with E-state index in [-0.39, 0.29) is 5.78 Å². The predicted octanol–water partition coefficient (Wildman–Crippen LogP) is 2.89. The molecule has 1 saturated heterocycles. The number of methoxy groups -OCH3 is 1. The molecule has 19 heavy (non-hydrogen) atoms. The zero-order valence-corrected chi connectivity index (χ0v) is 11.6. The van der Waals surface area contributed by atoms with E-state index >= 15 is 0 Å². The molecule has 98 valence electrons. The van der Waals surface area contributed by atoms with Crippen LogP contribution >= 0.6 is 11.8 Å². The van der Waals surface area contributed by atoms with Crippen LogP contribution in [-0.2, 0) is 6.42 Å². The summed E-state index contributed by atoms with van der Waals surface area (Å²) in [6.45, 7) is 4.69. The van der Waals surface area contributed by atoms with Gasteiger partial charge in [-0.1, -0.05) is 18.3 Å². The largest absolute Gasteiger partial charge is 0.497 e. The number of nitrogens with one attached hydrogen (secondary N) is 1. The number of rotatable bonds is 1. The number of benzene rings is 1. The molecular formula is C15H15NO2S. The summed E-state index contributed by atoms with van der Waals surface area (Å²) >= 11 is 1.59. The second-order valence-electron chi connectivity index (χ2n) is 4.65. The molecule has 4 heteroatoms.